The summed E-state index contributed by atoms with van der Waals surface area (Å²) in [7, 11) is 0. The summed E-state index contributed by atoms with van der Waals surface area (Å²) in [4.78, 5) is 4.13. The predicted molar refractivity (Wildman–Crippen MR) is 65.9 cm³/mol. The van der Waals surface area contributed by atoms with Crippen molar-refractivity contribution in [2.45, 2.75) is 32.8 Å². The van der Waals surface area contributed by atoms with E-state index in [2.05, 4.69) is 10.3 Å². The van der Waals surface area contributed by atoms with Gasteiger partial charge in [0, 0.05) is 18.4 Å². The van der Waals surface area contributed by atoms with Crippen LogP contribution in [0.2, 0.25) is 0 Å². The maximum atomic E-state index is 9.84. The van der Waals surface area contributed by atoms with Gasteiger partial charge in [0.1, 0.15) is 0 Å². The topological polar surface area (TPSA) is 45.1 Å². The second kappa shape index (κ2) is 7.01. The van der Waals surface area contributed by atoms with E-state index in [4.69, 9.17) is 0 Å². The molecule has 1 rings (SSSR count). The molecular weight excluding hydrogens is 200 g/mol. The van der Waals surface area contributed by atoms with Crippen LogP contribution in [0.5, 0.6) is 0 Å². The fourth-order valence-corrected chi connectivity index (χ4v) is 1.40. The zero-order valence-corrected chi connectivity index (χ0v) is 9.98. The van der Waals surface area contributed by atoms with Crippen molar-refractivity contribution in [2.24, 2.45) is 0 Å². The highest BCUT2D eigenvalue weighted by molar-refractivity contribution is 5.06. The van der Waals surface area contributed by atoms with Crippen molar-refractivity contribution in [3.8, 4) is 0 Å². The first-order valence-corrected chi connectivity index (χ1v) is 5.70. The number of aliphatic hydroxyl groups excluding tert-OH is 1. The van der Waals surface area contributed by atoms with Crippen LogP contribution in [0.15, 0.2) is 36.2 Å². The largest absolute Gasteiger partial charge is 0.389 e. The van der Waals surface area contributed by atoms with E-state index in [1.807, 2.05) is 38.1 Å². The van der Waals surface area contributed by atoms with Gasteiger partial charge in [-0.2, -0.15) is 0 Å². The third-order valence-electron chi connectivity index (χ3n) is 2.52. The summed E-state index contributed by atoms with van der Waals surface area (Å²) in [6, 6.07) is 5.61. The molecule has 0 bridgehead atoms. The summed E-state index contributed by atoms with van der Waals surface area (Å²) in [6.07, 6.45) is 4.97. The zero-order chi connectivity index (χ0) is 11.8. The molecule has 0 saturated carbocycles. The van der Waals surface area contributed by atoms with E-state index in [0.717, 1.165) is 25.1 Å². The van der Waals surface area contributed by atoms with Crippen LogP contribution in [-0.4, -0.2) is 16.6 Å². The van der Waals surface area contributed by atoms with E-state index < -0.39 is 6.10 Å². The maximum Gasteiger partial charge on any atom is 0.0960 e. The molecule has 0 aliphatic heterocycles. The van der Waals surface area contributed by atoms with E-state index in [-0.39, 0.29) is 0 Å². The van der Waals surface area contributed by atoms with Crippen molar-refractivity contribution in [3.63, 3.8) is 0 Å². The standard InChI is InChI=1S/C13H20N2O/c1-3-11(2)14-10-6-8-13(16)12-7-4-5-9-15-12/h3-5,7,9,13-14,16H,6,8,10H2,1-2H3. The highest BCUT2D eigenvalue weighted by Crippen LogP contribution is 2.14. The molecule has 1 aromatic rings. The number of allylic oxidation sites excluding steroid dienone is 2. The molecule has 16 heavy (non-hydrogen) atoms. The van der Waals surface area contributed by atoms with Gasteiger partial charge in [0.05, 0.1) is 11.8 Å². The van der Waals surface area contributed by atoms with Crippen LogP contribution in [-0.2, 0) is 0 Å². The van der Waals surface area contributed by atoms with Crippen molar-refractivity contribution >= 4 is 0 Å². The first-order chi connectivity index (χ1) is 7.74. The lowest BCUT2D eigenvalue weighted by atomic mass is 10.1. The quantitative estimate of drug-likeness (QED) is 0.724. The molecular formula is C13H20N2O. The minimum Gasteiger partial charge on any atom is -0.389 e. The fourth-order valence-electron chi connectivity index (χ4n) is 1.40. The Morgan fingerprint density at radius 2 is 2.38 bits per heavy atom. The molecule has 3 nitrogen and oxygen atoms in total. The number of nitrogens with one attached hydrogen (secondary N) is 1. The molecule has 0 radical (unpaired) electrons. The third kappa shape index (κ3) is 4.45. The first kappa shape index (κ1) is 12.7. The molecule has 2 N–H and O–H groups in total. The smallest absolute Gasteiger partial charge is 0.0960 e. The molecule has 1 heterocycles. The van der Waals surface area contributed by atoms with Crippen LogP contribution in [0.1, 0.15) is 38.5 Å². The molecule has 1 aromatic heterocycles. The lowest BCUT2D eigenvalue weighted by Gasteiger charge is -2.10. The molecule has 0 aliphatic carbocycles. The monoisotopic (exact) mass is 220 g/mol. The number of hydrogen-bond acceptors (Lipinski definition) is 3. The van der Waals surface area contributed by atoms with Crippen molar-refractivity contribution in [1.82, 2.24) is 10.3 Å². The average Bonchev–Trinajstić information content (AvgIpc) is 2.35. The number of pyridine rings is 1. The van der Waals surface area contributed by atoms with Crippen LogP contribution in [0.25, 0.3) is 0 Å². The summed E-state index contributed by atoms with van der Waals surface area (Å²) in [5, 5.41) is 13.1. The van der Waals surface area contributed by atoms with Gasteiger partial charge < -0.3 is 10.4 Å². The number of hydrogen-bond donors (Lipinski definition) is 2. The van der Waals surface area contributed by atoms with Gasteiger partial charge in [-0.1, -0.05) is 12.1 Å². The Bertz CT molecular complexity index is 322. The fraction of sp³-hybridized carbons (Fsp3) is 0.462. The number of aliphatic hydroxyl groups is 1. The Hall–Kier alpha value is -1.35. The van der Waals surface area contributed by atoms with E-state index in [1.54, 1.807) is 6.20 Å². The highest BCUT2D eigenvalue weighted by atomic mass is 16.3. The Morgan fingerprint density at radius 3 is 3.00 bits per heavy atom. The third-order valence-corrected chi connectivity index (χ3v) is 2.52. The van der Waals surface area contributed by atoms with Crippen molar-refractivity contribution < 1.29 is 5.11 Å². The van der Waals surface area contributed by atoms with Crippen LogP contribution < -0.4 is 5.32 Å². The van der Waals surface area contributed by atoms with Crippen molar-refractivity contribution in [3.05, 3.63) is 41.9 Å². The maximum absolute atomic E-state index is 9.84. The van der Waals surface area contributed by atoms with E-state index >= 15 is 0 Å². The molecule has 0 amide bonds. The molecule has 3 heteroatoms. The van der Waals surface area contributed by atoms with Crippen molar-refractivity contribution in [1.29, 1.82) is 0 Å². The number of aromatic nitrogens is 1. The number of rotatable bonds is 6. The van der Waals surface area contributed by atoms with Gasteiger partial charge in [0.2, 0.25) is 0 Å². The van der Waals surface area contributed by atoms with Gasteiger partial charge in [0.15, 0.2) is 0 Å². The summed E-state index contributed by atoms with van der Waals surface area (Å²) in [6.45, 7) is 4.93. The van der Waals surface area contributed by atoms with Gasteiger partial charge >= 0.3 is 0 Å². The molecule has 0 aromatic carbocycles. The van der Waals surface area contributed by atoms with Crippen LogP contribution in [0.3, 0.4) is 0 Å². The van der Waals surface area contributed by atoms with Crippen molar-refractivity contribution in [2.75, 3.05) is 6.54 Å². The van der Waals surface area contributed by atoms with Gasteiger partial charge in [-0.25, -0.2) is 0 Å². The van der Waals surface area contributed by atoms with E-state index in [0.29, 0.717) is 0 Å². The Labute approximate surface area is 97.2 Å². The Morgan fingerprint density at radius 1 is 1.56 bits per heavy atom. The van der Waals surface area contributed by atoms with Gasteiger partial charge in [-0.3, -0.25) is 4.98 Å². The summed E-state index contributed by atoms with van der Waals surface area (Å²) in [5.41, 5.74) is 1.93. The molecule has 0 fully saturated rings. The molecule has 0 saturated heterocycles. The second-order valence-electron chi connectivity index (χ2n) is 3.81. The zero-order valence-electron chi connectivity index (χ0n) is 9.98. The summed E-state index contributed by atoms with van der Waals surface area (Å²) >= 11 is 0. The Kier molecular flexibility index (Phi) is 5.57. The van der Waals surface area contributed by atoms with E-state index in [1.165, 1.54) is 5.70 Å². The van der Waals surface area contributed by atoms with Crippen LogP contribution >= 0.6 is 0 Å². The van der Waals surface area contributed by atoms with E-state index in [9.17, 15) is 5.11 Å². The lowest BCUT2D eigenvalue weighted by molar-refractivity contribution is 0.160. The first-order valence-electron chi connectivity index (χ1n) is 5.70. The van der Waals surface area contributed by atoms with Crippen LogP contribution in [0, 0.1) is 0 Å². The molecule has 0 aliphatic rings. The summed E-state index contributed by atoms with van der Waals surface area (Å²) < 4.78 is 0. The minimum atomic E-state index is -0.450. The average molecular weight is 220 g/mol. The number of nitrogens with zero attached hydrogens (tertiary/aromatic N) is 1. The molecule has 0 spiro atoms. The van der Waals surface area contributed by atoms with Gasteiger partial charge in [0.25, 0.3) is 0 Å². The molecule has 88 valence electrons. The SMILES string of the molecule is CC=C(C)NCCCC(O)c1ccccn1. The Balaban J connectivity index is 2.23. The lowest BCUT2D eigenvalue weighted by Crippen LogP contribution is -2.13. The summed E-state index contributed by atoms with van der Waals surface area (Å²) in [5.74, 6) is 0. The normalized spacial score (nSPS) is 13.6. The van der Waals surface area contributed by atoms with Crippen LogP contribution in [0.4, 0.5) is 0 Å². The molecule has 1 atom stereocenters. The second-order valence-corrected chi connectivity index (χ2v) is 3.81. The highest BCUT2D eigenvalue weighted by Gasteiger charge is 2.07. The predicted octanol–water partition coefficient (Wildman–Crippen LogP) is 2.41. The van der Waals surface area contributed by atoms with Gasteiger partial charge in [-0.05, 0) is 38.8 Å². The van der Waals surface area contributed by atoms with Gasteiger partial charge in [-0.15, -0.1) is 0 Å². The minimum absolute atomic E-state index is 0.450. The molecule has 1 unspecified atom stereocenters.